The summed E-state index contributed by atoms with van der Waals surface area (Å²) in [6.45, 7) is 5.32. The molecule has 25 heavy (non-hydrogen) atoms. The molecule has 1 aliphatic carbocycles. The molecular formula is C18H20F2N2O3. The van der Waals surface area contributed by atoms with Crippen LogP contribution in [-0.2, 0) is 20.7 Å². The molecule has 0 bridgehead atoms. The average molecular weight is 350 g/mol. The lowest BCUT2D eigenvalue weighted by molar-refractivity contribution is -0.175. The van der Waals surface area contributed by atoms with E-state index in [4.69, 9.17) is 4.74 Å². The van der Waals surface area contributed by atoms with Gasteiger partial charge in [-0.05, 0) is 50.5 Å². The fourth-order valence-corrected chi connectivity index (χ4v) is 3.28. The lowest BCUT2D eigenvalue weighted by Crippen LogP contribution is -2.56. The van der Waals surface area contributed by atoms with Gasteiger partial charge in [-0.1, -0.05) is 0 Å². The fourth-order valence-electron chi connectivity index (χ4n) is 3.28. The number of nitrogens with one attached hydrogen (secondary N) is 1. The van der Waals surface area contributed by atoms with Gasteiger partial charge >= 0.3 is 5.97 Å². The molecule has 0 unspecified atom stereocenters. The van der Waals surface area contributed by atoms with E-state index in [1.807, 2.05) is 0 Å². The normalized spacial score (nSPS) is 20.8. The largest absolute Gasteiger partial charge is 0.457 e. The van der Waals surface area contributed by atoms with E-state index >= 15 is 0 Å². The van der Waals surface area contributed by atoms with Crippen LogP contribution in [0.5, 0.6) is 0 Å². The Bertz CT molecular complexity index is 758. The molecule has 1 aliphatic heterocycles. The third-order valence-corrected chi connectivity index (χ3v) is 4.24. The molecule has 0 saturated heterocycles. The molecule has 1 aromatic rings. The van der Waals surface area contributed by atoms with Gasteiger partial charge in [0.05, 0.1) is 5.41 Å². The first-order chi connectivity index (χ1) is 11.5. The highest BCUT2D eigenvalue weighted by molar-refractivity contribution is 5.98. The van der Waals surface area contributed by atoms with E-state index in [0.29, 0.717) is 16.9 Å². The molecule has 0 radical (unpaired) electrons. The maximum Gasteiger partial charge on any atom is 0.331 e. The maximum absolute atomic E-state index is 13.3. The topological polar surface area (TPSA) is 68.3 Å². The average Bonchev–Trinajstić information content (AvgIpc) is 2.42. The van der Waals surface area contributed by atoms with Crippen LogP contribution in [0.2, 0.25) is 0 Å². The minimum atomic E-state index is -2.78. The molecule has 7 heteroatoms. The summed E-state index contributed by atoms with van der Waals surface area (Å²) in [7, 11) is 0. The second-order valence-electron chi connectivity index (χ2n) is 7.76. The van der Waals surface area contributed by atoms with E-state index in [1.54, 1.807) is 32.9 Å². The Balaban J connectivity index is 1.76. The van der Waals surface area contributed by atoms with Gasteiger partial charge in [-0.15, -0.1) is 0 Å². The summed E-state index contributed by atoms with van der Waals surface area (Å²) in [4.78, 5) is 28.0. The van der Waals surface area contributed by atoms with Gasteiger partial charge in [-0.25, -0.2) is 18.6 Å². The molecule has 0 aromatic carbocycles. The van der Waals surface area contributed by atoms with Crippen molar-refractivity contribution < 1.29 is 23.1 Å². The summed E-state index contributed by atoms with van der Waals surface area (Å²) >= 11 is 0. The number of ether oxygens (including phenoxy) is 1. The summed E-state index contributed by atoms with van der Waals surface area (Å²) < 4.78 is 31.7. The fraction of sp³-hybridized carbons (Fsp3) is 0.500. The second-order valence-corrected chi connectivity index (χ2v) is 7.76. The number of alkyl halides is 2. The quantitative estimate of drug-likeness (QED) is 0.656. The number of carbonyl (C=O) groups is 2. The molecule has 1 aromatic heterocycles. The number of aromatic nitrogens is 1. The number of nitrogens with zero attached hydrogens (tertiary/aromatic N) is 1. The lowest BCUT2D eigenvalue weighted by atomic mass is 9.61. The van der Waals surface area contributed by atoms with E-state index in [2.05, 4.69) is 10.3 Å². The number of halogens is 2. The monoisotopic (exact) mass is 350 g/mol. The summed E-state index contributed by atoms with van der Waals surface area (Å²) in [6.07, 6.45) is 3.70. The van der Waals surface area contributed by atoms with Crippen molar-refractivity contribution in [3.05, 3.63) is 29.5 Å². The van der Waals surface area contributed by atoms with Gasteiger partial charge in [0.15, 0.2) is 0 Å². The van der Waals surface area contributed by atoms with Gasteiger partial charge in [-0.2, -0.15) is 0 Å². The molecule has 2 heterocycles. The highest BCUT2D eigenvalue weighted by atomic mass is 19.3. The van der Waals surface area contributed by atoms with Gasteiger partial charge in [0, 0.05) is 25.1 Å². The maximum atomic E-state index is 13.3. The second kappa shape index (κ2) is 5.61. The van der Waals surface area contributed by atoms with Crippen LogP contribution in [0.1, 0.15) is 44.7 Å². The molecule has 1 N–H and O–H groups in total. The number of amides is 1. The van der Waals surface area contributed by atoms with Crippen molar-refractivity contribution in [2.45, 2.75) is 51.6 Å². The van der Waals surface area contributed by atoms with Crippen molar-refractivity contribution in [1.29, 1.82) is 0 Å². The Morgan fingerprint density at radius 1 is 1.36 bits per heavy atom. The van der Waals surface area contributed by atoms with Crippen LogP contribution in [0, 0.1) is 5.41 Å². The number of fused-ring (bicyclic) bond motifs is 1. The summed E-state index contributed by atoms with van der Waals surface area (Å²) in [5.74, 6) is -3.26. The Morgan fingerprint density at radius 3 is 2.64 bits per heavy atom. The smallest absolute Gasteiger partial charge is 0.331 e. The van der Waals surface area contributed by atoms with E-state index in [-0.39, 0.29) is 6.42 Å². The number of pyridine rings is 1. The summed E-state index contributed by atoms with van der Waals surface area (Å²) in [5.41, 5.74) is -0.295. The highest BCUT2D eigenvalue weighted by Gasteiger charge is 2.61. The van der Waals surface area contributed by atoms with Crippen molar-refractivity contribution in [3.8, 4) is 0 Å². The van der Waals surface area contributed by atoms with Crippen molar-refractivity contribution in [1.82, 2.24) is 4.98 Å². The first-order valence-corrected chi connectivity index (χ1v) is 8.07. The van der Waals surface area contributed by atoms with Crippen LogP contribution in [0.15, 0.2) is 18.3 Å². The van der Waals surface area contributed by atoms with Gasteiger partial charge < -0.3 is 10.1 Å². The van der Waals surface area contributed by atoms with Crippen LogP contribution in [0.3, 0.4) is 0 Å². The van der Waals surface area contributed by atoms with Crippen LogP contribution in [0.25, 0.3) is 6.08 Å². The lowest BCUT2D eigenvalue weighted by Gasteiger charge is -2.48. The first-order valence-electron chi connectivity index (χ1n) is 8.07. The molecule has 1 amide bonds. The third kappa shape index (κ3) is 3.70. The standard InChI is InChI=1S/C18H20F2N2O3/c1-16(2,3)25-13(23)5-4-11-6-12-7-17(9-18(19,20)10-17)15(24)22-14(12)21-8-11/h4-6,8H,7,9-10H2,1-3H3,(H,21,22,24). The molecular weight excluding hydrogens is 330 g/mol. The Hall–Kier alpha value is -2.31. The van der Waals surface area contributed by atoms with Crippen LogP contribution >= 0.6 is 0 Å². The number of rotatable bonds is 2. The van der Waals surface area contributed by atoms with Gasteiger partial charge in [0.1, 0.15) is 11.4 Å². The zero-order chi connectivity index (χ0) is 18.5. The van der Waals surface area contributed by atoms with E-state index in [9.17, 15) is 18.4 Å². The number of hydrogen-bond donors (Lipinski definition) is 1. The molecule has 1 saturated carbocycles. The number of anilines is 1. The molecule has 0 atom stereocenters. The molecule has 5 nitrogen and oxygen atoms in total. The zero-order valence-corrected chi connectivity index (χ0v) is 14.4. The van der Waals surface area contributed by atoms with Crippen molar-refractivity contribution in [3.63, 3.8) is 0 Å². The SMILES string of the molecule is CC(C)(C)OC(=O)C=Cc1cnc2c(c1)CC1(CC(F)(F)C1)C(=O)N2. The molecule has 2 aliphatic rings. The van der Waals surface area contributed by atoms with Crippen LogP contribution in [-0.4, -0.2) is 28.4 Å². The minimum Gasteiger partial charge on any atom is -0.457 e. The van der Waals surface area contributed by atoms with Gasteiger partial charge in [-0.3, -0.25) is 4.79 Å². The Morgan fingerprint density at radius 2 is 2.04 bits per heavy atom. The Kier molecular flexibility index (Phi) is 3.93. The van der Waals surface area contributed by atoms with Crippen molar-refractivity contribution in [2.24, 2.45) is 5.41 Å². The van der Waals surface area contributed by atoms with Crippen molar-refractivity contribution in [2.75, 3.05) is 5.32 Å². The highest BCUT2D eigenvalue weighted by Crippen LogP contribution is 2.56. The van der Waals surface area contributed by atoms with Crippen LogP contribution in [0.4, 0.5) is 14.6 Å². The summed E-state index contributed by atoms with van der Waals surface area (Å²) in [5, 5.41) is 2.61. The third-order valence-electron chi connectivity index (χ3n) is 4.24. The molecule has 1 fully saturated rings. The number of carbonyl (C=O) groups excluding carboxylic acids is 2. The number of hydrogen-bond acceptors (Lipinski definition) is 4. The van der Waals surface area contributed by atoms with E-state index in [0.717, 1.165) is 0 Å². The van der Waals surface area contributed by atoms with Crippen LogP contribution < -0.4 is 5.32 Å². The number of esters is 1. The van der Waals surface area contributed by atoms with Gasteiger partial charge in [0.2, 0.25) is 11.8 Å². The first kappa shape index (κ1) is 17.5. The van der Waals surface area contributed by atoms with Gasteiger partial charge in [0.25, 0.3) is 0 Å². The van der Waals surface area contributed by atoms with Crippen molar-refractivity contribution >= 4 is 23.8 Å². The molecule has 134 valence electrons. The predicted octanol–water partition coefficient (Wildman–Crippen LogP) is 3.35. The minimum absolute atomic E-state index is 0.227. The molecule has 3 rings (SSSR count). The van der Waals surface area contributed by atoms with E-state index < -0.39 is 41.7 Å². The zero-order valence-electron chi connectivity index (χ0n) is 14.4. The predicted molar refractivity (Wildman–Crippen MR) is 88.1 cm³/mol. The Labute approximate surface area is 144 Å². The molecule has 1 spiro atoms. The summed E-state index contributed by atoms with van der Waals surface area (Å²) in [6, 6.07) is 1.75. The van der Waals surface area contributed by atoms with E-state index in [1.165, 1.54) is 12.3 Å².